The highest BCUT2D eigenvalue weighted by Gasteiger charge is 2.20. The third-order valence-electron chi connectivity index (χ3n) is 3.51. The largest absolute Gasteiger partial charge is 0.392 e. The standard InChI is InChI=1S/C16H26ClNO/c1-5-13(6-2)18(10-12(3)4)16-9-7-8-15(17)14(16)11-19/h7-9,12-13,19H,5-6,10-11H2,1-4H3. The summed E-state index contributed by atoms with van der Waals surface area (Å²) in [5.74, 6) is 0.575. The van der Waals surface area contributed by atoms with E-state index in [4.69, 9.17) is 11.6 Å². The van der Waals surface area contributed by atoms with Gasteiger partial charge in [-0.1, -0.05) is 45.4 Å². The highest BCUT2D eigenvalue weighted by molar-refractivity contribution is 6.31. The van der Waals surface area contributed by atoms with Crippen molar-refractivity contribution in [1.82, 2.24) is 0 Å². The summed E-state index contributed by atoms with van der Waals surface area (Å²) in [6, 6.07) is 6.37. The van der Waals surface area contributed by atoms with Crippen LogP contribution in [0.5, 0.6) is 0 Å². The number of nitrogens with zero attached hydrogens (tertiary/aromatic N) is 1. The van der Waals surface area contributed by atoms with Crippen LogP contribution in [0.25, 0.3) is 0 Å². The van der Waals surface area contributed by atoms with Crippen LogP contribution in [0.15, 0.2) is 18.2 Å². The smallest absolute Gasteiger partial charge is 0.0716 e. The van der Waals surface area contributed by atoms with Gasteiger partial charge >= 0.3 is 0 Å². The van der Waals surface area contributed by atoms with Crippen LogP contribution in [-0.2, 0) is 6.61 Å². The first kappa shape index (κ1) is 16.3. The number of anilines is 1. The van der Waals surface area contributed by atoms with E-state index in [0.717, 1.165) is 30.6 Å². The molecule has 0 aliphatic heterocycles. The molecule has 0 heterocycles. The summed E-state index contributed by atoms with van der Waals surface area (Å²) in [5, 5.41) is 10.3. The van der Waals surface area contributed by atoms with Crippen LogP contribution in [0.3, 0.4) is 0 Å². The number of aliphatic hydroxyl groups is 1. The van der Waals surface area contributed by atoms with E-state index in [9.17, 15) is 5.11 Å². The molecule has 0 unspecified atom stereocenters. The Balaban J connectivity index is 3.19. The maximum Gasteiger partial charge on any atom is 0.0716 e. The van der Waals surface area contributed by atoms with Crippen molar-refractivity contribution in [2.24, 2.45) is 5.92 Å². The molecular formula is C16H26ClNO. The van der Waals surface area contributed by atoms with Crippen LogP contribution in [0.2, 0.25) is 5.02 Å². The molecule has 0 amide bonds. The summed E-state index contributed by atoms with van der Waals surface area (Å²) >= 11 is 6.21. The van der Waals surface area contributed by atoms with Crippen molar-refractivity contribution in [2.45, 2.75) is 53.2 Å². The van der Waals surface area contributed by atoms with Gasteiger partial charge in [0, 0.05) is 28.9 Å². The summed E-state index contributed by atoms with van der Waals surface area (Å²) in [5.41, 5.74) is 1.93. The zero-order chi connectivity index (χ0) is 14.4. The zero-order valence-corrected chi connectivity index (χ0v) is 13.2. The maximum absolute atomic E-state index is 9.60. The molecule has 3 heteroatoms. The number of benzene rings is 1. The Labute approximate surface area is 122 Å². The second kappa shape index (κ2) is 7.76. The molecule has 1 aromatic rings. The van der Waals surface area contributed by atoms with Crippen molar-refractivity contribution in [3.8, 4) is 0 Å². The molecule has 0 aromatic heterocycles. The Morgan fingerprint density at radius 1 is 1.21 bits per heavy atom. The van der Waals surface area contributed by atoms with Crippen LogP contribution >= 0.6 is 11.6 Å². The predicted molar refractivity (Wildman–Crippen MR) is 83.9 cm³/mol. The molecule has 0 fully saturated rings. The quantitative estimate of drug-likeness (QED) is 0.797. The van der Waals surface area contributed by atoms with Crippen molar-refractivity contribution in [2.75, 3.05) is 11.4 Å². The number of hydrogen-bond acceptors (Lipinski definition) is 2. The molecule has 2 nitrogen and oxygen atoms in total. The lowest BCUT2D eigenvalue weighted by Crippen LogP contribution is -2.38. The number of hydrogen-bond donors (Lipinski definition) is 1. The van der Waals surface area contributed by atoms with Crippen LogP contribution in [0.1, 0.15) is 46.1 Å². The van der Waals surface area contributed by atoms with E-state index >= 15 is 0 Å². The van der Waals surface area contributed by atoms with Crippen LogP contribution in [-0.4, -0.2) is 17.7 Å². The fourth-order valence-corrected chi connectivity index (χ4v) is 2.77. The first-order valence-electron chi connectivity index (χ1n) is 7.19. The molecule has 0 aliphatic carbocycles. The summed E-state index contributed by atoms with van der Waals surface area (Å²) in [6.07, 6.45) is 2.20. The van der Waals surface area contributed by atoms with Crippen molar-refractivity contribution in [3.05, 3.63) is 28.8 Å². The van der Waals surface area contributed by atoms with Crippen LogP contribution < -0.4 is 4.90 Å². The zero-order valence-electron chi connectivity index (χ0n) is 12.5. The molecule has 1 rings (SSSR count). The SMILES string of the molecule is CCC(CC)N(CC(C)C)c1cccc(Cl)c1CO. The first-order chi connectivity index (χ1) is 9.04. The fourth-order valence-electron chi connectivity index (χ4n) is 2.54. The molecule has 0 spiro atoms. The van der Waals surface area contributed by atoms with Gasteiger partial charge in [-0.25, -0.2) is 0 Å². The second-order valence-corrected chi connectivity index (χ2v) is 5.82. The molecule has 0 saturated heterocycles. The van der Waals surface area contributed by atoms with E-state index in [1.54, 1.807) is 0 Å². The lowest BCUT2D eigenvalue weighted by molar-refractivity contribution is 0.281. The van der Waals surface area contributed by atoms with Crippen molar-refractivity contribution >= 4 is 17.3 Å². The van der Waals surface area contributed by atoms with Gasteiger partial charge in [0.15, 0.2) is 0 Å². The van der Waals surface area contributed by atoms with E-state index in [2.05, 4.69) is 38.7 Å². The Morgan fingerprint density at radius 3 is 2.32 bits per heavy atom. The molecule has 1 N–H and O–H groups in total. The van der Waals surface area contributed by atoms with Crippen LogP contribution in [0, 0.1) is 5.92 Å². The molecule has 0 aliphatic rings. The lowest BCUT2D eigenvalue weighted by atomic mass is 10.0. The number of rotatable bonds is 7. The van der Waals surface area contributed by atoms with Gasteiger partial charge in [0.25, 0.3) is 0 Å². The van der Waals surface area contributed by atoms with Gasteiger partial charge in [-0.05, 0) is 30.9 Å². The molecule has 0 saturated carbocycles. The fraction of sp³-hybridized carbons (Fsp3) is 0.625. The highest BCUT2D eigenvalue weighted by atomic mass is 35.5. The lowest BCUT2D eigenvalue weighted by Gasteiger charge is -2.35. The van der Waals surface area contributed by atoms with Gasteiger partial charge in [0.1, 0.15) is 0 Å². The minimum Gasteiger partial charge on any atom is -0.392 e. The van der Waals surface area contributed by atoms with Crippen molar-refractivity contribution < 1.29 is 5.11 Å². The predicted octanol–water partition coefficient (Wildman–Crippen LogP) is 4.48. The van der Waals surface area contributed by atoms with Gasteiger partial charge in [0.05, 0.1) is 6.61 Å². The van der Waals surface area contributed by atoms with E-state index in [0.29, 0.717) is 17.0 Å². The van der Waals surface area contributed by atoms with Crippen molar-refractivity contribution in [1.29, 1.82) is 0 Å². The Bertz CT molecular complexity index is 388. The normalized spacial score (nSPS) is 11.4. The Morgan fingerprint density at radius 2 is 1.84 bits per heavy atom. The maximum atomic E-state index is 9.60. The monoisotopic (exact) mass is 283 g/mol. The Kier molecular flexibility index (Phi) is 6.67. The van der Waals surface area contributed by atoms with Gasteiger partial charge in [-0.15, -0.1) is 0 Å². The van der Waals surface area contributed by atoms with Gasteiger partial charge in [-0.3, -0.25) is 0 Å². The van der Waals surface area contributed by atoms with Gasteiger partial charge in [-0.2, -0.15) is 0 Å². The van der Waals surface area contributed by atoms with Gasteiger partial charge < -0.3 is 10.0 Å². The number of halogens is 1. The minimum absolute atomic E-state index is 0.0102. The third kappa shape index (κ3) is 4.12. The summed E-state index contributed by atoms with van der Waals surface area (Å²) in [7, 11) is 0. The number of aliphatic hydroxyl groups excluding tert-OH is 1. The topological polar surface area (TPSA) is 23.5 Å². The molecule has 0 atom stereocenters. The molecule has 0 radical (unpaired) electrons. The Hall–Kier alpha value is -0.730. The minimum atomic E-state index is -0.0102. The molecule has 108 valence electrons. The highest BCUT2D eigenvalue weighted by Crippen LogP contribution is 2.30. The second-order valence-electron chi connectivity index (χ2n) is 5.41. The summed E-state index contributed by atoms with van der Waals surface area (Å²) in [4.78, 5) is 2.40. The van der Waals surface area contributed by atoms with E-state index in [1.807, 2.05) is 12.1 Å². The average molecular weight is 284 g/mol. The molecule has 1 aromatic carbocycles. The van der Waals surface area contributed by atoms with Crippen LogP contribution in [0.4, 0.5) is 5.69 Å². The van der Waals surface area contributed by atoms with E-state index < -0.39 is 0 Å². The average Bonchev–Trinajstić information content (AvgIpc) is 2.38. The summed E-state index contributed by atoms with van der Waals surface area (Å²) < 4.78 is 0. The molecular weight excluding hydrogens is 258 g/mol. The van der Waals surface area contributed by atoms with Gasteiger partial charge in [0.2, 0.25) is 0 Å². The van der Waals surface area contributed by atoms with E-state index in [1.165, 1.54) is 0 Å². The molecule has 0 bridgehead atoms. The first-order valence-corrected chi connectivity index (χ1v) is 7.57. The third-order valence-corrected chi connectivity index (χ3v) is 3.86. The van der Waals surface area contributed by atoms with E-state index in [-0.39, 0.29) is 6.61 Å². The molecule has 19 heavy (non-hydrogen) atoms. The summed E-state index contributed by atoms with van der Waals surface area (Å²) in [6.45, 7) is 9.84. The van der Waals surface area contributed by atoms with Crippen molar-refractivity contribution in [3.63, 3.8) is 0 Å².